The fourth-order valence-electron chi connectivity index (χ4n) is 3.36. The lowest BCUT2D eigenvalue weighted by atomic mass is 10.1. The van der Waals surface area contributed by atoms with Gasteiger partial charge >= 0.3 is 6.80 Å². The zero-order valence-corrected chi connectivity index (χ0v) is 19.5. The van der Waals surface area contributed by atoms with Crippen molar-refractivity contribution in [2.75, 3.05) is 12.4 Å². The van der Waals surface area contributed by atoms with Crippen LogP contribution in [0.4, 0.5) is 0 Å². The average Bonchev–Trinajstić information content (AvgIpc) is 3.02. The third-order valence-electron chi connectivity index (χ3n) is 4.83. The van der Waals surface area contributed by atoms with Gasteiger partial charge in [0, 0.05) is 5.75 Å². The zero-order valence-electron chi connectivity index (χ0n) is 17.8. The van der Waals surface area contributed by atoms with Gasteiger partial charge in [-0.15, -0.1) is 0 Å². The SMILES string of the molecule is CC(C)OC[C@H]1O[C@@H](C)[C@@H](O)C1OP(=O)(O)SC[C@H]1O[C@@H](C)[C@@H](O)C1OC(C)C. The van der Waals surface area contributed by atoms with Gasteiger partial charge in [0.2, 0.25) is 0 Å². The van der Waals surface area contributed by atoms with Crippen LogP contribution < -0.4 is 0 Å². The molecule has 3 unspecified atom stereocenters. The molecule has 2 saturated heterocycles. The number of hydrogen-bond donors (Lipinski definition) is 3. The Morgan fingerprint density at radius 3 is 2.07 bits per heavy atom. The number of aliphatic hydroxyl groups is 2. The summed E-state index contributed by atoms with van der Waals surface area (Å²) < 4.78 is 40.7. The highest BCUT2D eigenvalue weighted by Crippen LogP contribution is 2.58. The lowest BCUT2D eigenvalue weighted by Crippen LogP contribution is -2.38. The maximum Gasteiger partial charge on any atom is 0.387 e. The Hall–Kier alpha value is 0.260. The van der Waals surface area contributed by atoms with Crippen molar-refractivity contribution in [3.05, 3.63) is 0 Å². The fraction of sp³-hybridized carbons (Fsp3) is 1.00. The smallest absolute Gasteiger partial charge is 0.387 e. The van der Waals surface area contributed by atoms with E-state index in [9.17, 15) is 19.7 Å². The molecule has 2 fully saturated rings. The minimum Gasteiger partial charge on any atom is -0.388 e. The summed E-state index contributed by atoms with van der Waals surface area (Å²) in [5.41, 5.74) is 0. The van der Waals surface area contributed by atoms with Gasteiger partial charge in [-0.1, -0.05) is 0 Å². The lowest BCUT2D eigenvalue weighted by molar-refractivity contribution is -0.0603. The molecule has 3 N–H and O–H groups in total. The molecular formula is C18H35O9PS. The molecule has 0 saturated carbocycles. The van der Waals surface area contributed by atoms with Gasteiger partial charge in [-0.05, 0) is 52.9 Å². The summed E-state index contributed by atoms with van der Waals surface area (Å²) in [5, 5.41) is 20.6. The van der Waals surface area contributed by atoms with Crippen molar-refractivity contribution in [1.29, 1.82) is 0 Å². The molecule has 0 aromatic heterocycles. The van der Waals surface area contributed by atoms with Crippen LogP contribution in [0.5, 0.6) is 0 Å². The normalized spacial score (nSPS) is 40.1. The van der Waals surface area contributed by atoms with Gasteiger partial charge in [0.1, 0.15) is 30.5 Å². The first-order valence-corrected chi connectivity index (χ1v) is 13.2. The molecule has 0 radical (unpaired) electrons. The molecule has 0 spiro atoms. The van der Waals surface area contributed by atoms with Crippen molar-refractivity contribution in [2.24, 2.45) is 0 Å². The van der Waals surface area contributed by atoms with Crippen molar-refractivity contribution in [3.8, 4) is 0 Å². The highest BCUT2D eigenvalue weighted by atomic mass is 32.7. The predicted octanol–water partition coefficient (Wildman–Crippen LogP) is 1.72. The topological polar surface area (TPSA) is 124 Å². The molecule has 2 rings (SSSR count). The van der Waals surface area contributed by atoms with Crippen molar-refractivity contribution in [1.82, 2.24) is 0 Å². The molecule has 0 aromatic rings. The van der Waals surface area contributed by atoms with Gasteiger partial charge in [0.15, 0.2) is 0 Å². The Bertz CT molecular complexity index is 563. The minimum absolute atomic E-state index is 0.0478. The van der Waals surface area contributed by atoms with Gasteiger partial charge in [-0.25, -0.2) is 4.57 Å². The Kier molecular flexibility index (Phi) is 9.43. The van der Waals surface area contributed by atoms with Crippen molar-refractivity contribution in [2.45, 2.75) is 103 Å². The van der Waals surface area contributed by atoms with E-state index in [1.165, 1.54) is 0 Å². The van der Waals surface area contributed by atoms with E-state index in [2.05, 4.69) is 0 Å². The van der Waals surface area contributed by atoms with E-state index in [-0.39, 0.29) is 24.6 Å². The van der Waals surface area contributed by atoms with Crippen molar-refractivity contribution in [3.63, 3.8) is 0 Å². The molecule has 9 atom stereocenters. The molecular weight excluding hydrogens is 423 g/mol. The van der Waals surface area contributed by atoms with E-state index < -0.39 is 55.6 Å². The molecule has 0 aromatic carbocycles. The molecule has 2 aliphatic rings. The summed E-state index contributed by atoms with van der Waals surface area (Å²) in [5.74, 6) is 0.0962. The van der Waals surface area contributed by atoms with E-state index in [4.69, 9.17) is 23.5 Å². The Morgan fingerprint density at radius 1 is 0.966 bits per heavy atom. The van der Waals surface area contributed by atoms with Crippen LogP contribution in [0.3, 0.4) is 0 Å². The van der Waals surface area contributed by atoms with Crippen LogP contribution in [0.2, 0.25) is 0 Å². The number of rotatable bonds is 10. The molecule has 29 heavy (non-hydrogen) atoms. The lowest BCUT2D eigenvalue weighted by Gasteiger charge is -2.26. The van der Waals surface area contributed by atoms with Gasteiger partial charge in [0.25, 0.3) is 0 Å². The third-order valence-corrected chi connectivity index (χ3v) is 7.82. The maximum atomic E-state index is 12.7. The van der Waals surface area contributed by atoms with Crippen LogP contribution in [0.25, 0.3) is 0 Å². The van der Waals surface area contributed by atoms with Crippen LogP contribution in [-0.2, 0) is 28.0 Å². The van der Waals surface area contributed by atoms with E-state index >= 15 is 0 Å². The van der Waals surface area contributed by atoms with Crippen LogP contribution in [0.15, 0.2) is 0 Å². The number of ether oxygens (including phenoxy) is 4. The minimum atomic E-state index is -4.14. The standard InChI is InChI=1S/C18H35O9PS/c1-9(2)23-7-13-18(16(20)12(6)25-13)27-28(21,22)29-8-14-17(24-10(3)4)15(19)11(5)26-14/h9-20H,7-8H2,1-6H3,(H,21,22)/t11-,12-,13+,14+,15+,16+,17?,18?/m0/s1. The summed E-state index contributed by atoms with van der Waals surface area (Å²) in [4.78, 5) is 10.4. The molecule has 2 heterocycles. The highest BCUT2D eigenvalue weighted by Gasteiger charge is 2.47. The first-order chi connectivity index (χ1) is 13.4. The van der Waals surface area contributed by atoms with Crippen LogP contribution in [-0.4, -0.2) is 88.5 Å². The van der Waals surface area contributed by atoms with E-state index in [0.717, 1.165) is 0 Å². The summed E-state index contributed by atoms with van der Waals surface area (Å²) in [6, 6.07) is 0. The third kappa shape index (κ3) is 7.14. The molecule has 9 nitrogen and oxygen atoms in total. The molecule has 0 bridgehead atoms. The monoisotopic (exact) mass is 458 g/mol. The summed E-state index contributed by atoms with van der Waals surface area (Å²) in [6.07, 6.45) is -5.78. The fourth-order valence-corrected chi connectivity index (χ4v) is 6.08. The van der Waals surface area contributed by atoms with E-state index in [1.54, 1.807) is 13.8 Å². The van der Waals surface area contributed by atoms with Crippen molar-refractivity contribution < 1.29 is 43.1 Å². The Labute approximate surface area is 176 Å². The zero-order chi connectivity index (χ0) is 21.9. The number of hydrogen-bond acceptors (Lipinski definition) is 9. The molecule has 2 aliphatic heterocycles. The summed E-state index contributed by atoms with van der Waals surface area (Å²) >= 11 is 0.693. The second-order valence-electron chi connectivity index (χ2n) is 8.11. The number of aliphatic hydroxyl groups excluding tert-OH is 2. The maximum absolute atomic E-state index is 12.7. The van der Waals surface area contributed by atoms with Crippen molar-refractivity contribution >= 4 is 18.2 Å². The van der Waals surface area contributed by atoms with Gasteiger partial charge in [-0.3, -0.25) is 4.52 Å². The van der Waals surface area contributed by atoms with Crippen LogP contribution >= 0.6 is 18.2 Å². The van der Waals surface area contributed by atoms with Crippen LogP contribution in [0, 0.1) is 0 Å². The average molecular weight is 459 g/mol. The molecule has 11 heteroatoms. The molecule has 172 valence electrons. The largest absolute Gasteiger partial charge is 0.388 e. The van der Waals surface area contributed by atoms with Gasteiger partial charge in [0.05, 0.1) is 37.1 Å². The second-order valence-corrected chi connectivity index (χ2v) is 12.0. The first kappa shape index (κ1) is 25.5. The Morgan fingerprint density at radius 2 is 1.52 bits per heavy atom. The van der Waals surface area contributed by atoms with E-state index in [1.807, 2.05) is 27.7 Å². The van der Waals surface area contributed by atoms with Gasteiger partial charge in [-0.2, -0.15) is 0 Å². The molecule has 0 amide bonds. The summed E-state index contributed by atoms with van der Waals surface area (Å²) in [7, 11) is 0. The molecule has 0 aliphatic carbocycles. The summed E-state index contributed by atoms with van der Waals surface area (Å²) in [6.45, 7) is 6.84. The van der Waals surface area contributed by atoms with E-state index in [0.29, 0.717) is 11.4 Å². The van der Waals surface area contributed by atoms with Crippen LogP contribution in [0.1, 0.15) is 41.5 Å². The quantitative estimate of drug-likeness (QED) is 0.417. The first-order valence-electron chi connectivity index (χ1n) is 10.0. The van der Waals surface area contributed by atoms with Gasteiger partial charge < -0.3 is 34.1 Å². The highest BCUT2D eigenvalue weighted by molar-refractivity contribution is 8.54. The second kappa shape index (κ2) is 10.7. The predicted molar refractivity (Wildman–Crippen MR) is 109 cm³/mol. The Balaban J connectivity index is 1.96.